The van der Waals surface area contributed by atoms with Crippen molar-refractivity contribution in [2.75, 3.05) is 59.8 Å². The van der Waals surface area contributed by atoms with Gasteiger partial charge in [0.2, 0.25) is 10.0 Å². The number of nitrogens with one attached hydrogen (secondary N) is 2. The minimum Gasteiger partial charge on any atom is -0.490 e. The Bertz CT molecular complexity index is 887. The summed E-state index contributed by atoms with van der Waals surface area (Å²) < 4.78 is 52.9. The van der Waals surface area contributed by atoms with Gasteiger partial charge in [0.05, 0.1) is 56.6 Å². The number of carbonyl (C=O) groups excluding carboxylic acids is 1. The zero-order valence-corrected chi connectivity index (χ0v) is 20.6. The highest BCUT2D eigenvalue weighted by Crippen LogP contribution is 2.29. The highest BCUT2D eigenvalue weighted by molar-refractivity contribution is 7.89. The van der Waals surface area contributed by atoms with Crippen molar-refractivity contribution in [3.8, 4) is 5.75 Å². The fourth-order valence-corrected chi connectivity index (χ4v) is 3.42. The number of nitrogens with zero attached hydrogens (tertiary/aromatic N) is 1. The molecule has 0 aliphatic carbocycles. The maximum atomic E-state index is 12.3. The van der Waals surface area contributed by atoms with Crippen molar-refractivity contribution in [2.45, 2.75) is 31.3 Å². The van der Waals surface area contributed by atoms with Crippen LogP contribution in [0.1, 0.15) is 20.8 Å². The van der Waals surface area contributed by atoms with Crippen LogP contribution in [0.15, 0.2) is 23.1 Å². The summed E-state index contributed by atoms with van der Waals surface area (Å²) in [6.45, 7) is 7.33. The molecule has 0 aliphatic heterocycles. The second-order valence-corrected chi connectivity index (χ2v) is 9.52. The van der Waals surface area contributed by atoms with Gasteiger partial charge in [0.15, 0.2) is 5.75 Å². The fraction of sp³-hybridized carbons (Fsp3) is 0.650. The monoisotopic (exact) mass is 507 g/mol. The first-order chi connectivity index (χ1) is 16.0. The third-order valence-electron chi connectivity index (χ3n) is 3.86. The number of hydrogen-bond donors (Lipinski definition) is 2. The molecule has 0 heterocycles. The zero-order chi connectivity index (χ0) is 25.6. The predicted molar refractivity (Wildman–Crippen MR) is 122 cm³/mol. The Balaban J connectivity index is 2.10. The summed E-state index contributed by atoms with van der Waals surface area (Å²) in [7, 11) is -2.66. The van der Waals surface area contributed by atoms with E-state index in [4.69, 9.17) is 23.7 Å². The number of rotatable bonds is 16. The second kappa shape index (κ2) is 14.7. The molecule has 1 amide bonds. The first-order valence-electron chi connectivity index (χ1n) is 10.5. The van der Waals surface area contributed by atoms with Crippen molar-refractivity contribution in [3.63, 3.8) is 0 Å². The van der Waals surface area contributed by atoms with Crippen LogP contribution in [-0.4, -0.2) is 84.9 Å². The summed E-state index contributed by atoms with van der Waals surface area (Å²) in [6.07, 6.45) is -0.501. The van der Waals surface area contributed by atoms with Gasteiger partial charge in [-0.2, -0.15) is 0 Å². The van der Waals surface area contributed by atoms with Crippen LogP contribution in [0.25, 0.3) is 0 Å². The van der Waals surface area contributed by atoms with E-state index < -0.39 is 26.6 Å². The number of nitro groups is 1. The van der Waals surface area contributed by atoms with E-state index in [2.05, 4.69) is 10.0 Å². The number of methoxy groups -OCH3 is 1. The molecule has 1 aromatic rings. The topological polar surface area (TPSA) is 165 Å². The zero-order valence-electron chi connectivity index (χ0n) is 19.8. The van der Waals surface area contributed by atoms with E-state index in [1.54, 1.807) is 20.8 Å². The third kappa shape index (κ3) is 12.1. The summed E-state index contributed by atoms with van der Waals surface area (Å²) in [6, 6.07) is 3.29. The number of alkyl carbamates (subject to hydrolysis) is 1. The average molecular weight is 508 g/mol. The van der Waals surface area contributed by atoms with Gasteiger partial charge in [0, 0.05) is 25.2 Å². The Hall–Kier alpha value is -2.52. The number of ether oxygens (including phenoxy) is 5. The molecule has 13 nitrogen and oxygen atoms in total. The molecule has 0 atom stereocenters. The maximum absolute atomic E-state index is 12.3. The molecule has 0 aliphatic rings. The van der Waals surface area contributed by atoms with Gasteiger partial charge >= 0.3 is 11.8 Å². The van der Waals surface area contributed by atoms with Crippen molar-refractivity contribution in [3.05, 3.63) is 28.3 Å². The van der Waals surface area contributed by atoms with Crippen LogP contribution in [0.2, 0.25) is 0 Å². The Morgan fingerprint density at radius 3 is 2.09 bits per heavy atom. The summed E-state index contributed by atoms with van der Waals surface area (Å²) >= 11 is 0. The molecule has 14 heteroatoms. The number of carbonyl (C=O) groups is 1. The Labute approximate surface area is 199 Å². The summed E-state index contributed by atoms with van der Waals surface area (Å²) in [5.41, 5.74) is -0.875. The number of amides is 1. The molecule has 0 aromatic heterocycles. The molecule has 0 saturated carbocycles. The molecule has 194 valence electrons. The third-order valence-corrected chi connectivity index (χ3v) is 5.31. The molecule has 0 bridgehead atoms. The van der Waals surface area contributed by atoms with Crippen LogP contribution < -0.4 is 14.8 Å². The van der Waals surface area contributed by atoms with Crippen molar-refractivity contribution >= 4 is 21.8 Å². The van der Waals surface area contributed by atoms with Crippen molar-refractivity contribution in [1.82, 2.24) is 10.0 Å². The van der Waals surface area contributed by atoms with Crippen LogP contribution in [0.4, 0.5) is 10.5 Å². The lowest BCUT2D eigenvalue weighted by molar-refractivity contribution is -0.385. The first kappa shape index (κ1) is 29.5. The Morgan fingerprint density at radius 2 is 1.56 bits per heavy atom. The van der Waals surface area contributed by atoms with Gasteiger partial charge in [-0.1, -0.05) is 0 Å². The predicted octanol–water partition coefficient (Wildman–Crippen LogP) is 1.46. The van der Waals surface area contributed by atoms with E-state index in [-0.39, 0.29) is 36.1 Å². The van der Waals surface area contributed by atoms with E-state index in [0.29, 0.717) is 33.0 Å². The van der Waals surface area contributed by atoms with E-state index in [1.807, 2.05) is 0 Å². The average Bonchev–Trinajstić information content (AvgIpc) is 2.75. The lowest BCUT2D eigenvalue weighted by atomic mass is 10.2. The first-order valence-corrected chi connectivity index (χ1v) is 12.0. The number of hydrogen-bond acceptors (Lipinski definition) is 10. The molecule has 34 heavy (non-hydrogen) atoms. The highest BCUT2D eigenvalue weighted by Gasteiger charge is 2.21. The molecular formula is C20H33N3O10S. The molecular weight excluding hydrogens is 474 g/mol. The van der Waals surface area contributed by atoms with Crippen LogP contribution in [0.5, 0.6) is 5.75 Å². The molecule has 0 fully saturated rings. The van der Waals surface area contributed by atoms with Crippen molar-refractivity contribution in [1.29, 1.82) is 0 Å². The molecule has 0 unspecified atom stereocenters. The molecule has 0 saturated heterocycles. The molecule has 0 spiro atoms. The van der Waals surface area contributed by atoms with Gasteiger partial charge in [-0.15, -0.1) is 0 Å². The normalized spacial score (nSPS) is 11.8. The SMILES string of the molecule is COc1cc(S(=O)(=O)NCCOCCOCCOCCNC(=O)OC(C)(C)C)ccc1[N+](=O)[O-]. The minimum atomic E-state index is -3.88. The summed E-state index contributed by atoms with van der Waals surface area (Å²) in [5, 5.41) is 13.5. The Morgan fingerprint density at radius 1 is 1.00 bits per heavy atom. The van der Waals surface area contributed by atoms with Gasteiger partial charge in [-0.05, 0) is 26.8 Å². The van der Waals surface area contributed by atoms with Gasteiger partial charge in [-0.3, -0.25) is 10.1 Å². The van der Waals surface area contributed by atoms with E-state index in [1.165, 1.54) is 7.11 Å². The maximum Gasteiger partial charge on any atom is 0.407 e. The second-order valence-electron chi connectivity index (χ2n) is 7.75. The Kier molecular flexibility index (Phi) is 12.7. The largest absolute Gasteiger partial charge is 0.490 e. The van der Waals surface area contributed by atoms with E-state index in [9.17, 15) is 23.3 Å². The number of benzene rings is 1. The molecule has 0 radical (unpaired) electrons. The van der Waals surface area contributed by atoms with Crippen LogP contribution >= 0.6 is 0 Å². The summed E-state index contributed by atoms with van der Waals surface area (Å²) in [5.74, 6) is -0.149. The van der Waals surface area contributed by atoms with Gasteiger partial charge in [0.1, 0.15) is 5.60 Å². The fourth-order valence-electron chi connectivity index (χ4n) is 2.39. The van der Waals surface area contributed by atoms with Crippen molar-refractivity contribution in [2.24, 2.45) is 0 Å². The minimum absolute atomic E-state index is 0.00932. The molecule has 1 rings (SSSR count). The number of nitro benzene ring substituents is 1. The van der Waals surface area contributed by atoms with Crippen LogP contribution in [0, 0.1) is 10.1 Å². The van der Waals surface area contributed by atoms with Crippen LogP contribution in [-0.2, 0) is 29.0 Å². The quantitative estimate of drug-likeness (QED) is 0.190. The van der Waals surface area contributed by atoms with Gasteiger partial charge < -0.3 is 29.0 Å². The van der Waals surface area contributed by atoms with E-state index in [0.717, 1.165) is 18.2 Å². The lowest BCUT2D eigenvalue weighted by Gasteiger charge is -2.19. The smallest absolute Gasteiger partial charge is 0.407 e. The standard InChI is InChI=1S/C20H33N3O10S/c1-20(2,3)33-19(24)21-7-9-30-11-13-32-14-12-31-10-8-22-34(27,28)16-5-6-17(23(25)26)18(15-16)29-4/h5-6,15,22H,7-14H2,1-4H3,(H,21,24). The van der Waals surface area contributed by atoms with E-state index >= 15 is 0 Å². The highest BCUT2D eigenvalue weighted by atomic mass is 32.2. The molecule has 2 N–H and O–H groups in total. The number of sulfonamides is 1. The van der Waals surface area contributed by atoms with Gasteiger partial charge in [-0.25, -0.2) is 17.9 Å². The summed E-state index contributed by atoms with van der Waals surface area (Å²) in [4.78, 5) is 21.5. The lowest BCUT2D eigenvalue weighted by Crippen LogP contribution is -2.34. The molecule has 1 aromatic carbocycles. The van der Waals surface area contributed by atoms with Crippen LogP contribution in [0.3, 0.4) is 0 Å². The van der Waals surface area contributed by atoms with Crippen molar-refractivity contribution < 1.29 is 41.8 Å². The van der Waals surface area contributed by atoms with Gasteiger partial charge in [0.25, 0.3) is 0 Å².